The van der Waals surface area contributed by atoms with Crippen LogP contribution in [0.5, 0.6) is 0 Å². The fourth-order valence-electron chi connectivity index (χ4n) is 1.76. The Morgan fingerprint density at radius 1 is 0.407 bits per heavy atom. The van der Waals surface area contributed by atoms with Gasteiger partial charge in [-0.2, -0.15) is 0 Å². The number of carboxylic acids is 6. The molecule has 1 fully saturated rings. The topological polar surface area (TPSA) is 260 Å². The molecule has 1 aliphatic heterocycles. The monoisotopic (exact) mass is 387 g/mol. The minimum absolute atomic E-state index is 1.08. The summed E-state index contributed by atoms with van der Waals surface area (Å²) in [5.74, 6) is -15.8. The normalized spacial score (nSPS) is 12.7. The second-order valence-corrected chi connectivity index (χ2v) is 4.46. The first-order valence-corrected chi connectivity index (χ1v) is 6.32. The highest BCUT2D eigenvalue weighted by Crippen LogP contribution is 2.15. The number of hydrogen-bond donors (Lipinski definition) is 9. The molecule has 1 aliphatic rings. The van der Waals surface area contributed by atoms with Gasteiger partial charge in [0.25, 0.3) is 0 Å². The van der Waals surface area contributed by atoms with Gasteiger partial charge in [-0.3, -0.25) is 0 Å². The van der Waals surface area contributed by atoms with Crippen LogP contribution >= 0.6 is 0 Å². The molecule has 15 nitrogen and oxygen atoms in total. The van der Waals surface area contributed by atoms with Crippen molar-refractivity contribution in [2.75, 3.05) is 0 Å². The van der Waals surface area contributed by atoms with E-state index in [0.29, 0.717) is 0 Å². The first kappa shape index (κ1) is 20.5. The van der Waals surface area contributed by atoms with Crippen molar-refractivity contribution in [1.29, 1.82) is 0 Å². The van der Waals surface area contributed by atoms with E-state index in [4.69, 9.17) is 30.6 Å². The lowest BCUT2D eigenvalue weighted by atomic mass is 10.2. The molecular weight excluding hydrogens is 378 g/mol. The Balaban J connectivity index is 3.91. The first-order valence-electron chi connectivity index (χ1n) is 6.32. The largest absolute Gasteiger partial charge is 0.477 e. The number of carbonyl (C=O) groups is 6. The molecule has 27 heavy (non-hydrogen) atoms. The van der Waals surface area contributed by atoms with Crippen molar-refractivity contribution >= 4 is 35.8 Å². The Morgan fingerprint density at radius 2 is 0.556 bits per heavy atom. The molecule has 0 bridgehead atoms. The second-order valence-electron chi connectivity index (χ2n) is 4.46. The molecule has 9 N–H and O–H groups in total. The van der Waals surface area contributed by atoms with Crippen molar-refractivity contribution in [2.24, 2.45) is 0 Å². The summed E-state index contributed by atoms with van der Waals surface area (Å²) in [7, 11) is 0. The third-order valence-electron chi connectivity index (χ3n) is 2.78. The highest BCUT2D eigenvalue weighted by atomic mass is 16.4. The summed E-state index contributed by atoms with van der Waals surface area (Å²) in [6.07, 6.45) is 0. The number of aliphatic carboxylic acids is 6. The molecule has 0 aromatic rings. The van der Waals surface area contributed by atoms with Crippen LogP contribution in [0.2, 0.25) is 0 Å². The zero-order chi connectivity index (χ0) is 21.0. The summed E-state index contributed by atoms with van der Waals surface area (Å²) in [6.45, 7) is 0. The van der Waals surface area contributed by atoms with E-state index in [2.05, 4.69) is 0 Å². The van der Waals surface area contributed by atoms with E-state index in [0.717, 1.165) is 0 Å². The Bertz CT molecular complexity index is 704. The standard InChI is InChI=1S/C12H9N3O12/c16-7(17)1(8(18)19)4-13-5(2(9(20)21)10(22)23)15-6(14-4)3(11(24)25)12(26)27/h13-15H,(H,16,17)(H,18,19)(H,20,21)(H,22,23)(H,24,25)(H,26,27). The minimum atomic E-state index is -2.09. The molecule has 0 aromatic heterocycles. The molecule has 0 atom stereocenters. The van der Waals surface area contributed by atoms with E-state index in [-0.39, 0.29) is 0 Å². The Morgan fingerprint density at radius 3 is 0.667 bits per heavy atom. The molecule has 144 valence electrons. The van der Waals surface area contributed by atoms with Crippen LogP contribution < -0.4 is 16.0 Å². The van der Waals surface area contributed by atoms with Gasteiger partial charge in [0.05, 0.1) is 0 Å². The highest BCUT2D eigenvalue weighted by Gasteiger charge is 2.34. The van der Waals surface area contributed by atoms with Crippen LogP contribution in [0.25, 0.3) is 0 Å². The maximum atomic E-state index is 11.1. The smallest absolute Gasteiger partial charge is 0.346 e. The van der Waals surface area contributed by atoms with Crippen molar-refractivity contribution in [3.63, 3.8) is 0 Å². The van der Waals surface area contributed by atoms with Crippen LogP contribution in [-0.2, 0) is 28.8 Å². The van der Waals surface area contributed by atoms with Gasteiger partial charge in [0, 0.05) is 0 Å². The predicted molar refractivity (Wildman–Crippen MR) is 76.3 cm³/mol. The van der Waals surface area contributed by atoms with Gasteiger partial charge in [0.15, 0.2) is 16.7 Å². The van der Waals surface area contributed by atoms with E-state index in [1.54, 1.807) is 0 Å². The van der Waals surface area contributed by atoms with Gasteiger partial charge in [-0.1, -0.05) is 0 Å². The summed E-state index contributed by atoms with van der Waals surface area (Å²) < 4.78 is 0. The van der Waals surface area contributed by atoms with Gasteiger partial charge in [-0.15, -0.1) is 0 Å². The average molecular weight is 387 g/mol. The Hall–Kier alpha value is -4.56. The SMILES string of the molecule is O=C(O)C(C(=O)O)=C1NC(=C(C(=O)O)C(=O)O)NC(=C(C(=O)O)C(=O)O)N1. The maximum absolute atomic E-state index is 11.1. The van der Waals surface area contributed by atoms with Gasteiger partial charge in [0.2, 0.25) is 0 Å². The van der Waals surface area contributed by atoms with E-state index in [1.165, 1.54) is 0 Å². The molecule has 1 rings (SSSR count). The highest BCUT2D eigenvalue weighted by molar-refractivity contribution is 6.15. The molecule has 0 saturated carbocycles. The predicted octanol–water partition coefficient (Wildman–Crippen LogP) is -3.09. The lowest BCUT2D eigenvalue weighted by molar-refractivity contribution is -0.142. The van der Waals surface area contributed by atoms with Crippen LogP contribution in [0.3, 0.4) is 0 Å². The Kier molecular flexibility index (Phi) is 5.73. The quantitative estimate of drug-likeness (QED) is 0.124. The van der Waals surface area contributed by atoms with Gasteiger partial charge < -0.3 is 46.6 Å². The molecule has 0 spiro atoms. The summed E-state index contributed by atoms with van der Waals surface area (Å²) >= 11 is 0. The van der Waals surface area contributed by atoms with Crippen molar-refractivity contribution < 1.29 is 59.4 Å². The van der Waals surface area contributed by atoms with Gasteiger partial charge in [0.1, 0.15) is 17.5 Å². The molecule has 1 heterocycles. The zero-order valence-electron chi connectivity index (χ0n) is 12.6. The van der Waals surface area contributed by atoms with Crippen molar-refractivity contribution in [3.8, 4) is 0 Å². The van der Waals surface area contributed by atoms with Gasteiger partial charge >= 0.3 is 35.8 Å². The van der Waals surface area contributed by atoms with Crippen LogP contribution in [0, 0.1) is 0 Å². The summed E-state index contributed by atoms with van der Waals surface area (Å²) in [4.78, 5) is 66.6. The molecular formula is C12H9N3O12. The molecule has 0 radical (unpaired) electrons. The van der Waals surface area contributed by atoms with Crippen molar-refractivity contribution in [2.45, 2.75) is 0 Å². The summed E-state index contributed by atoms with van der Waals surface area (Å²) in [5.41, 5.74) is -4.47. The van der Waals surface area contributed by atoms with Gasteiger partial charge in [-0.05, 0) is 0 Å². The summed E-state index contributed by atoms with van der Waals surface area (Å²) in [5, 5.41) is 59.2. The number of carboxylic acid groups (broad SMARTS) is 6. The van der Waals surface area contributed by atoms with Gasteiger partial charge in [-0.25, -0.2) is 28.8 Å². The lowest BCUT2D eigenvalue weighted by Gasteiger charge is -2.28. The number of hydrogen-bond acceptors (Lipinski definition) is 9. The Labute approximate surface area is 146 Å². The minimum Gasteiger partial charge on any atom is -0.477 e. The molecule has 0 aliphatic carbocycles. The molecule has 15 heteroatoms. The third kappa shape index (κ3) is 4.29. The molecule has 0 aromatic carbocycles. The van der Waals surface area contributed by atoms with E-state index in [9.17, 15) is 28.8 Å². The van der Waals surface area contributed by atoms with Crippen molar-refractivity contribution in [1.82, 2.24) is 16.0 Å². The lowest BCUT2D eigenvalue weighted by Crippen LogP contribution is -2.48. The molecule has 0 amide bonds. The van der Waals surface area contributed by atoms with E-state index in [1.807, 2.05) is 16.0 Å². The maximum Gasteiger partial charge on any atom is 0.346 e. The van der Waals surface area contributed by atoms with Crippen LogP contribution in [-0.4, -0.2) is 66.5 Å². The fraction of sp³-hybridized carbons (Fsp3) is 0. The zero-order valence-corrected chi connectivity index (χ0v) is 12.6. The first-order chi connectivity index (χ1) is 12.4. The molecule has 1 saturated heterocycles. The van der Waals surface area contributed by atoms with E-state index >= 15 is 0 Å². The number of rotatable bonds is 6. The molecule has 0 unspecified atom stereocenters. The average Bonchev–Trinajstić information content (AvgIpc) is 2.44. The number of nitrogens with one attached hydrogen (secondary N) is 3. The fourth-order valence-corrected chi connectivity index (χ4v) is 1.76. The van der Waals surface area contributed by atoms with Crippen molar-refractivity contribution in [3.05, 3.63) is 34.2 Å². The second kappa shape index (κ2) is 7.55. The van der Waals surface area contributed by atoms with E-state index < -0.39 is 70.0 Å². The van der Waals surface area contributed by atoms with Crippen LogP contribution in [0.4, 0.5) is 0 Å². The summed E-state index contributed by atoms with van der Waals surface area (Å²) in [6, 6.07) is 0. The van der Waals surface area contributed by atoms with Crippen LogP contribution in [0.15, 0.2) is 34.2 Å². The van der Waals surface area contributed by atoms with Crippen LogP contribution in [0.1, 0.15) is 0 Å². The third-order valence-corrected chi connectivity index (χ3v) is 2.78.